The van der Waals surface area contributed by atoms with Crippen LogP contribution in [-0.4, -0.2) is 51.7 Å². The number of nitrogens with zero attached hydrogens (tertiary/aromatic N) is 2. The summed E-state index contributed by atoms with van der Waals surface area (Å²) in [6.45, 7) is 9.89. The van der Waals surface area contributed by atoms with Gasteiger partial charge in [-0.15, -0.1) is 0 Å². The monoisotopic (exact) mass is 284 g/mol. The minimum atomic E-state index is 0.0603. The maximum Gasteiger partial charge on any atom is 0.0975 e. The molecule has 0 N–H and O–H groups in total. The molecule has 0 unspecified atom stereocenters. The molecule has 2 rings (SSSR count). The Balaban J connectivity index is 1.85. The van der Waals surface area contributed by atoms with Gasteiger partial charge in [-0.05, 0) is 49.9 Å². The summed E-state index contributed by atoms with van der Waals surface area (Å²) in [5.41, 5.74) is 0. The normalized spacial score (nSPS) is 41.3. The van der Waals surface area contributed by atoms with Crippen molar-refractivity contribution in [2.24, 2.45) is 0 Å². The molecule has 0 bridgehead atoms. The van der Waals surface area contributed by atoms with Crippen LogP contribution in [0.15, 0.2) is 0 Å². The van der Waals surface area contributed by atoms with Gasteiger partial charge >= 0.3 is 0 Å². The van der Waals surface area contributed by atoms with Crippen LogP contribution in [0.5, 0.6) is 0 Å². The first-order valence-electron chi connectivity index (χ1n) is 8.11. The van der Waals surface area contributed by atoms with Gasteiger partial charge in [0.1, 0.15) is 0 Å². The van der Waals surface area contributed by atoms with Crippen LogP contribution in [0.4, 0.5) is 0 Å². The quantitative estimate of drug-likeness (QED) is 0.726. The van der Waals surface area contributed by atoms with Gasteiger partial charge in [-0.1, -0.05) is 40.5 Å². The zero-order valence-electron chi connectivity index (χ0n) is 12.9. The maximum atomic E-state index is 2.95. The molecule has 2 saturated heterocycles. The lowest BCUT2D eigenvalue weighted by Gasteiger charge is -2.43. The Bertz CT molecular complexity index is 216. The van der Waals surface area contributed by atoms with Crippen molar-refractivity contribution in [2.45, 2.75) is 90.4 Å². The average Bonchev–Trinajstić information content (AvgIpc) is 2.31. The van der Waals surface area contributed by atoms with Crippen LogP contribution in [0.1, 0.15) is 66.2 Å². The molecule has 0 aromatic rings. The lowest BCUT2D eigenvalue weighted by Crippen LogP contribution is -2.55. The SMILES string of the molecule is C[C@@H]1CCC[C@H](C)N1[SiH2][SiH2]N1[C@H](C)CCC[C@@H]1C. The Morgan fingerprint density at radius 1 is 0.611 bits per heavy atom. The van der Waals surface area contributed by atoms with Gasteiger partial charge in [-0.25, -0.2) is 0 Å². The topological polar surface area (TPSA) is 6.48 Å². The fourth-order valence-electron chi connectivity index (χ4n) is 4.06. The third-order valence-corrected chi connectivity index (χ3v) is 12.8. The fourth-order valence-corrected chi connectivity index (χ4v) is 13.7. The molecular formula is C14H32N2Si2. The number of hydrogen-bond donors (Lipinski definition) is 0. The van der Waals surface area contributed by atoms with Crippen molar-refractivity contribution in [1.82, 2.24) is 9.13 Å². The first-order valence-corrected chi connectivity index (χ1v) is 13.4. The van der Waals surface area contributed by atoms with E-state index in [0.29, 0.717) is 0 Å². The van der Waals surface area contributed by atoms with E-state index in [2.05, 4.69) is 36.8 Å². The van der Waals surface area contributed by atoms with Crippen molar-refractivity contribution in [3.05, 3.63) is 0 Å². The van der Waals surface area contributed by atoms with Crippen molar-refractivity contribution in [3.8, 4) is 0 Å². The summed E-state index contributed by atoms with van der Waals surface area (Å²) in [6, 6.07) is 3.57. The van der Waals surface area contributed by atoms with Gasteiger partial charge in [0, 0.05) is 0 Å². The van der Waals surface area contributed by atoms with Crippen molar-refractivity contribution < 1.29 is 0 Å². The van der Waals surface area contributed by atoms with E-state index in [-0.39, 0.29) is 18.4 Å². The van der Waals surface area contributed by atoms with E-state index < -0.39 is 0 Å². The second kappa shape index (κ2) is 6.68. The van der Waals surface area contributed by atoms with Crippen molar-refractivity contribution >= 4 is 18.4 Å². The van der Waals surface area contributed by atoms with Gasteiger partial charge in [-0.2, -0.15) is 0 Å². The number of rotatable bonds is 3. The highest BCUT2D eigenvalue weighted by molar-refractivity contribution is 6.97. The zero-order chi connectivity index (χ0) is 13.1. The molecule has 0 amide bonds. The summed E-state index contributed by atoms with van der Waals surface area (Å²) >= 11 is 0. The molecule has 2 fully saturated rings. The Labute approximate surface area is 118 Å². The van der Waals surface area contributed by atoms with E-state index in [0.717, 1.165) is 24.2 Å². The van der Waals surface area contributed by atoms with Crippen LogP contribution >= 0.6 is 0 Å². The van der Waals surface area contributed by atoms with Crippen molar-refractivity contribution in [2.75, 3.05) is 0 Å². The van der Waals surface area contributed by atoms with E-state index >= 15 is 0 Å². The lowest BCUT2D eigenvalue weighted by atomic mass is 10.0. The van der Waals surface area contributed by atoms with Crippen LogP contribution in [-0.2, 0) is 0 Å². The van der Waals surface area contributed by atoms with Gasteiger partial charge in [-0.3, -0.25) is 0 Å². The molecule has 0 radical (unpaired) electrons. The highest BCUT2D eigenvalue weighted by Gasteiger charge is 2.28. The first kappa shape index (κ1) is 14.8. The highest BCUT2D eigenvalue weighted by atomic mass is 29.2. The second-order valence-electron chi connectivity index (χ2n) is 6.73. The van der Waals surface area contributed by atoms with Gasteiger partial charge in [0.2, 0.25) is 0 Å². The largest absolute Gasteiger partial charge is 0.326 e. The molecule has 2 nitrogen and oxygen atoms in total. The fraction of sp³-hybridized carbons (Fsp3) is 1.00. The summed E-state index contributed by atoms with van der Waals surface area (Å²) in [5.74, 6) is 0. The number of piperidine rings is 2. The minimum absolute atomic E-state index is 0.0603. The Hall–Kier alpha value is 0.354. The standard InChI is InChI=1S/C14H32N2Si2/c1-11-7-5-8-12(2)15(11)17-18-16-13(3)9-6-10-14(16)4/h11-14H,5-10,17-18H2,1-4H3/t11-,12+,13-,14+. The molecule has 4 heteroatoms. The van der Waals surface area contributed by atoms with Crippen molar-refractivity contribution in [3.63, 3.8) is 0 Å². The molecule has 0 saturated carbocycles. The molecule has 0 aliphatic carbocycles. The molecule has 106 valence electrons. The summed E-state index contributed by atoms with van der Waals surface area (Å²) in [7, 11) is 0.121. The second-order valence-corrected chi connectivity index (χ2v) is 11.8. The average molecular weight is 285 g/mol. The Kier molecular flexibility index (Phi) is 5.48. The maximum absolute atomic E-state index is 2.95. The molecule has 2 aliphatic rings. The van der Waals surface area contributed by atoms with E-state index in [9.17, 15) is 0 Å². The molecule has 2 aliphatic heterocycles. The molecule has 2 heterocycles. The Morgan fingerprint density at radius 3 is 1.17 bits per heavy atom. The predicted molar refractivity (Wildman–Crippen MR) is 86.3 cm³/mol. The molecule has 0 spiro atoms. The van der Waals surface area contributed by atoms with E-state index in [4.69, 9.17) is 0 Å². The highest BCUT2D eigenvalue weighted by Crippen LogP contribution is 2.23. The molecule has 0 aromatic heterocycles. The third kappa shape index (κ3) is 3.47. The van der Waals surface area contributed by atoms with Gasteiger partial charge in [0.25, 0.3) is 0 Å². The van der Waals surface area contributed by atoms with E-state index in [1.807, 2.05) is 0 Å². The summed E-state index contributed by atoms with van der Waals surface area (Å²) < 4.78 is 5.90. The minimum Gasteiger partial charge on any atom is -0.326 e. The predicted octanol–water partition coefficient (Wildman–Crippen LogP) is 1.59. The third-order valence-electron chi connectivity index (χ3n) is 5.37. The molecule has 4 atom stereocenters. The van der Waals surface area contributed by atoms with Gasteiger partial charge < -0.3 is 9.13 Å². The van der Waals surface area contributed by atoms with Crippen LogP contribution in [0.3, 0.4) is 0 Å². The number of hydrogen-bond acceptors (Lipinski definition) is 2. The smallest absolute Gasteiger partial charge is 0.0975 e. The van der Waals surface area contributed by atoms with Crippen molar-refractivity contribution in [1.29, 1.82) is 0 Å². The molecule has 0 aromatic carbocycles. The van der Waals surface area contributed by atoms with E-state index in [1.54, 1.807) is 0 Å². The van der Waals surface area contributed by atoms with Crippen LogP contribution < -0.4 is 0 Å². The first-order chi connectivity index (χ1) is 8.59. The summed E-state index contributed by atoms with van der Waals surface area (Å²) in [5, 5.41) is 0. The van der Waals surface area contributed by atoms with Gasteiger partial charge in [0.15, 0.2) is 0 Å². The summed E-state index contributed by atoms with van der Waals surface area (Å²) in [4.78, 5) is 0. The lowest BCUT2D eigenvalue weighted by molar-refractivity contribution is 0.198. The molecular weight excluding hydrogens is 252 g/mol. The Morgan fingerprint density at radius 2 is 0.889 bits per heavy atom. The zero-order valence-corrected chi connectivity index (χ0v) is 15.7. The van der Waals surface area contributed by atoms with Crippen LogP contribution in [0, 0.1) is 0 Å². The van der Waals surface area contributed by atoms with E-state index in [1.165, 1.54) is 38.5 Å². The van der Waals surface area contributed by atoms with Crippen LogP contribution in [0.2, 0.25) is 0 Å². The van der Waals surface area contributed by atoms with Crippen LogP contribution in [0.25, 0.3) is 0 Å². The molecule has 18 heavy (non-hydrogen) atoms. The summed E-state index contributed by atoms with van der Waals surface area (Å²) in [6.07, 6.45) is 8.75. The van der Waals surface area contributed by atoms with Gasteiger partial charge in [0.05, 0.1) is 18.4 Å².